The number of amides is 2. The van der Waals surface area contributed by atoms with Crippen molar-refractivity contribution in [2.75, 3.05) is 52.6 Å². The van der Waals surface area contributed by atoms with Crippen LogP contribution in [0.25, 0.3) is 33.7 Å². The van der Waals surface area contributed by atoms with Gasteiger partial charge in [0.2, 0.25) is 0 Å². The number of anilines is 1. The van der Waals surface area contributed by atoms with Crippen molar-refractivity contribution in [3.05, 3.63) is 83.7 Å². The van der Waals surface area contributed by atoms with Gasteiger partial charge in [-0.1, -0.05) is 12.1 Å². The highest BCUT2D eigenvalue weighted by Gasteiger charge is 2.31. The first-order valence-corrected chi connectivity index (χ1v) is 15.9. The van der Waals surface area contributed by atoms with Gasteiger partial charge in [-0.05, 0) is 114 Å². The molecule has 0 radical (unpaired) electrons. The highest BCUT2D eigenvalue weighted by atomic mass is 19.4. The Labute approximate surface area is 292 Å². The maximum atomic E-state index is 13.8. The number of urea groups is 1. The summed E-state index contributed by atoms with van der Waals surface area (Å²) in [6.45, 7) is 4.78. The Hall–Kier alpha value is -5.79. The predicted octanol–water partition coefficient (Wildman–Crippen LogP) is 5.54. The molecule has 268 valence electrons. The van der Waals surface area contributed by atoms with Crippen molar-refractivity contribution in [2.45, 2.75) is 25.9 Å². The Kier molecular flexibility index (Phi) is 12.8. The lowest BCUT2D eigenvalue weighted by atomic mass is 9.95. The molecule has 0 saturated heterocycles. The minimum Gasteiger partial charge on any atom is -0.483 e. The summed E-state index contributed by atoms with van der Waals surface area (Å²) in [4.78, 5) is 30.0. The van der Waals surface area contributed by atoms with E-state index in [1.807, 2.05) is 21.1 Å². The summed E-state index contributed by atoms with van der Waals surface area (Å²) < 4.78 is 44.4. The van der Waals surface area contributed by atoms with Gasteiger partial charge >= 0.3 is 12.2 Å². The third-order valence-corrected chi connectivity index (χ3v) is 7.90. The maximum Gasteiger partial charge on any atom is 0.416 e. The van der Waals surface area contributed by atoms with Gasteiger partial charge in [-0.25, -0.2) is 14.0 Å². The van der Waals surface area contributed by atoms with Gasteiger partial charge in [0.25, 0.3) is 12.4 Å². The number of nitrogens with zero attached hydrogens (tertiary/aromatic N) is 8. The zero-order valence-electron chi connectivity index (χ0n) is 28.6. The van der Waals surface area contributed by atoms with Gasteiger partial charge in [0.05, 0.1) is 34.8 Å². The highest BCUT2D eigenvalue weighted by Crippen LogP contribution is 2.38. The second kappa shape index (κ2) is 17.2. The summed E-state index contributed by atoms with van der Waals surface area (Å²) in [6, 6.07) is 15.3. The molecule has 2 aromatic carbocycles. The Morgan fingerprint density at radius 2 is 1.76 bits per heavy atom. The largest absolute Gasteiger partial charge is 0.483 e. The number of hydrogen-bond acceptors (Lipinski definition) is 8. The van der Waals surface area contributed by atoms with E-state index in [0.29, 0.717) is 40.2 Å². The zero-order valence-corrected chi connectivity index (χ0v) is 28.6. The SMILES string of the molecule is Cc1c(-c2ccnn2-c2ccc(C#N)cc2)cn2nc(NC(=O)NCCCN(C)CCCN(C)C)nc2c1-c1cccc(C(F)(F)F)c1.O=CO. The summed E-state index contributed by atoms with van der Waals surface area (Å²) in [6.07, 6.45) is 0.576. The lowest BCUT2D eigenvalue weighted by molar-refractivity contribution is -0.137. The van der Waals surface area contributed by atoms with Gasteiger partial charge in [-0.15, -0.1) is 5.10 Å². The van der Waals surface area contributed by atoms with Crippen LogP contribution < -0.4 is 10.6 Å². The van der Waals surface area contributed by atoms with E-state index in [0.717, 1.165) is 44.6 Å². The van der Waals surface area contributed by atoms with Crippen molar-refractivity contribution < 1.29 is 27.9 Å². The number of carbonyl (C=O) groups is 2. The van der Waals surface area contributed by atoms with E-state index in [1.54, 1.807) is 60.4 Å². The van der Waals surface area contributed by atoms with E-state index in [1.165, 1.54) is 10.6 Å². The van der Waals surface area contributed by atoms with Crippen LogP contribution in [0.15, 0.2) is 67.0 Å². The maximum absolute atomic E-state index is 13.8. The van der Waals surface area contributed by atoms with Crippen LogP contribution in [-0.4, -0.2) is 99.1 Å². The number of nitriles is 1. The molecule has 0 saturated carbocycles. The average molecular weight is 705 g/mol. The lowest BCUT2D eigenvalue weighted by Crippen LogP contribution is -2.32. The van der Waals surface area contributed by atoms with Crippen LogP contribution in [0, 0.1) is 18.3 Å². The summed E-state index contributed by atoms with van der Waals surface area (Å²) in [7, 11) is 6.13. The number of carbonyl (C=O) groups excluding carboxylic acids is 1. The molecule has 2 amide bonds. The molecule has 13 nitrogen and oxygen atoms in total. The summed E-state index contributed by atoms with van der Waals surface area (Å²) in [5.74, 6) is -0.00122. The van der Waals surface area contributed by atoms with Crippen molar-refractivity contribution in [3.8, 4) is 34.1 Å². The first-order chi connectivity index (χ1) is 24.4. The molecule has 3 heterocycles. The lowest BCUT2D eigenvalue weighted by Gasteiger charge is -2.18. The van der Waals surface area contributed by atoms with Crippen molar-refractivity contribution >= 4 is 24.1 Å². The van der Waals surface area contributed by atoms with Crippen LogP contribution in [0.3, 0.4) is 0 Å². The standard InChI is InChI=1S/C34H37F3N10O.CH2O2/c1-23-28(29-14-16-40-47(29)27-12-10-24(21-38)11-13-27)22-46-31(30(23)25-8-5-9-26(20-25)34(35,36)37)41-32(43-46)42-33(48)39-15-6-18-45(4)19-7-17-44(2)3;2-1-3/h5,8-14,16,20,22H,6-7,15,17-19H2,1-4H3,(H2,39,42,43,48);1H,(H,2,3). The quantitative estimate of drug-likeness (QED) is 0.112. The first kappa shape index (κ1) is 38.0. The fourth-order valence-corrected chi connectivity index (χ4v) is 5.47. The molecule has 0 aliphatic heterocycles. The second-order valence-electron chi connectivity index (χ2n) is 11.9. The molecule has 5 aromatic rings. The van der Waals surface area contributed by atoms with Crippen molar-refractivity contribution in [2.24, 2.45) is 0 Å². The second-order valence-corrected chi connectivity index (χ2v) is 11.9. The molecule has 0 fully saturated rings. The summed E-state index contributed by atoms with van der Waals surface area (Å²) >= 11 is 0. The topological polar surface area (TPSA) is 157 Å². The van der Waals surface area contributed by atoms with Gasteiger partial charge in [0.15, 0.2) is 5.65 Å². The van der Waals surface area contributed by atoms with E-state index in [9.17, 15) is 23.2 Å². The number of fused-ring (bicyclic) bond motifs is 1. The number of benzene rings is 2. The molecule has 0 bridgehead atoms. The Morgan fingerprint density at radius 3 is 2.43 bits per heavy atom. The molecule has 0 aliphatic rings. The molecule has 0 unspecified atom stereocenters. The zero-order chi connectivity index (χ0) is 37.1. The van der Waals surface area contributed by atoms with Crippen LogP contribution in [-0.2, 0) is 11.0 Å². The fraction of sp³-hybridized carbons (Fsp3) is 0.314. The molecule has 3 aromatic heterocycles. The molecule has 5 rings (SSSR count). The third-order valence-electron chi connectivity index (χ3n) is 7.90. The van der Waals surface area contributed by atoms with E-state index in [4.69, 9.17) is 9.90 Å². The number of aromatic nitrogens is 5. The van der Waals surface area contributed by atoms with Crippen LogP contribution in [0.4, 0.5) is 23.9 Å². The number of hydrogen-bond donors (Lipinski definition) is 3. The number of carboxylic acid groups (broad SMARTS) is 1. The molecule has 51 heavy (non-hydrogen) atoms. The minimum atomic E-state index is -4.55. The first-order valence-electron chi connectivity index (χ1n) is 15.9. The predicted molar refractivity (Wildman–Crippen MR) is 186 cm³/mol. The van der Waals surface area contributed by atoms with Crippen molar-refractivity contribution in [1.29, 1.82) is 5.26 Å². The van der Waals surface area contributed by atoms with Crippen LogP contribution in [0.1, 0.15) is 29.5 Å². The molecule has 16 heteroatoms. The number of rotatable bonds is 12. The summed E-state index contributed by atoms with van der Waals surface area (Å²) in [5, 5.41) is 30.5. The highest BCUT2D eigenvalue weighted by molar-refractivity contribution is 5.90. The fourth-order valence-electron chi connectivity index (χ4n) is 5.47. The van der Waals surface area contributed by atoms with Crippen LogP contribution in [0.5, 0.6) is 0 Å². The van der Waals surface area contributed by atoms with E-state index >= 15 is 0 Å². The van der Waals surface area contributed by atoms with Gasteiger partial charge in [0, 0.05) is 23.9 Å². The normalized spacial score (nSPS) is 11.3. The van der Waals surface area contributed by atoms with Crippen molar-refractivity contribution in [3.63, 3.8) is 0 Å². The van der Waals surface area contributed by atoms with E-state index in [-0.39, 0.29) is 23.6 Å². The smallest absolute Gasteiger partial charge is 0.416 e. The Morgan fingerprint density at radius 1 is 1.06 bits per heavy atom. The minimum absolute atomic E-state index is 0.00122. The molecule has 0 aliphatic carbocycles. The molecule has 3 N–H and O–H groups in total. The number of halogens is 3. The summed E-state index contributed by atoms with van der Waals surface area (Å²) in [5.41, 5.74) is 3.27. The third kappa shape index (κ3) is 9.90. The number of pyridine rings is 1. The van der Waals surface area contributed by atoms with E-state index in [2.05, 4.69) is 41.7 Å². The Bertz CT molecular complexity index is 1980. The monoisotopic (exact) mass is 704 g/mol. The Balaban J connectivity index is 0.00000188. The van der Waals surface area contributed by atoms with Gasteiger partial charge in [-0.3, -0.25) is 10.1 Å². The average Bonchev–Trinajstić information content (AvgIpc) is 3.73. The molecule has 0 atom stereocenters. The van der Waals surface area contributed by atoms with Gasteiger partial charge in [-0.2, -0.15) is 28.5 Å². The van der Waals surface area contributed by atoms with Gasteiger partial charge in [0.1, 0.15) is 0 Å². The van der Waals surface area contributed by atoms with E-state index < -0.39 is 17.8 Å². The molecular formula is C35H39F3N10O3. The van der Waals surface area contributed by atoms with Crippen LogP contribution in [0.2, 0.25) is 0 Å². The number of alkyl halides is 3. The molecule has 0 spiro atoms. The van der Waals surface area contributed by atoms with Gasteiger partial charge < -0.3 is 20.2 Å². The molecular weight excluding hydrogens is 665 g/mol. The van der Waals surface area contributed by atoms with Crippen LogP contribution >= 0.6 is 0 Å². The van der Waals surface area contributed by atoms with Crippen molar-refractivity contribution in [1.82, 2.24) is 39.5 Å². The number of nitrogens with one attached hydrogen (secondary N) is 2.